The Labute approximate surface area is 178 Å². The summed E-state index contributed by atoms with van der Waals surface area (Å²) in [7, 11) is 0. The van der Waals surface area contributed by atoms with Crippen LogP contribution in [0.1, 0.15) is 57.9 Å². The fourth-order valence-electron chi connectivity index (χ4n) is 3.88. The van der Waals surface area contributed by atoms with Crippen LogP contribution in [0, 0.1) is 5.92 Å². The Morgan fingerprint density at radius 3 is 2.57 bits per heavy atom. The molecule has 7 heteroatoms. The van der Waals surface area contributed by atoms with Gasteiger partial charge in [-0.05, 0) is 55.7 Å². The Morgan fingerprint density at radius 2 is 1.97 bits per heavy atom. The van der Waals surface area contributed by atoms with Crippen molar-refractivity contribution in [1.29, 1.82) is 0 Å². The molecular weight excluding hydrogens is 380 g/mol. The largest absolute Gasteiger partial charge is 0.481 e. The van der Waals surface area contributed by atoms with Crippen LogP contribution < -0.4 is 15.0 Å². The summed E-state index contributed by atoms with van der Waals surface area (Å²) in [5, 5.41) is 12.7. The second-order valence-corrected chi connectivity index (χ2v) is 7.96. The SMILES string of the molecule is CCOc1ncc(Nc2cc(C(CC)CC(=O)O)ccc2N2CCC(C)CC2)cn1. The third-order valence-electron chi connectivity index (χ3n) is 5.71. The summed E-state index contributed by atoms with van der Waals surface area (Å²) in [6, 6.07) is 6.63. The molecule has 162 valence electrons. The predicted octanol–water partition coefficient (Wildman–Crippen LogP) is 4.82. The van der Waals surface area contributed by atoms with E-state index in [9.17, 15) is 9.90 Å². The number of hydrogen-bond acceptors (Lipinski definition) is 6. The fourth-order valence-corrected chi connectivity index (χ4v) is 3.88. The van der Waals surface area contributed by atoms with Gasteiger partial charge < -0.3 is 20.1 Å². The number of aliphatic carboxylic acids is 1. The van der Waals surface area contributed by atoms with Gasteiger partial charge in [-0.2, -0.15) is 0 Å². The van der Waals surface area contributed by atoms with Gasteiger partial charge in [0.15, 0.2) is 0 Å². The summed E-state index contributed by atoms with van der Waals surface area (Å²) in [5.41, 5.74) is 3.89. The number of benzene rings is 1. The number of anilines is 3. The zero-order valence-corrected chi connectivity index (χ0v) is 18.1. The van der Waals surface area contributed by atoms with Crippen LogP contribution in [0.15, 0.2) is 30.6 Å². The highest BCUT2D eigenvalue weighted by Crippen LogP contribution is 2.36. The first-order valence-corrected chi connectivity index (χ1v) is 10.8. The number of carboxylic acid groups (broad SMARTS) is 1. The molecule has 30 heavy (non-hydrogen) atoms. The molecule has 1 atom stereocenters. The number of piperidine rings is 1. The predicted molar refractivity (Wildman–Crippen MR) is 119 cm³/mol. The van der Waals surface area contributed by atoms with Crippen molar-refractivity contribution < 1.29 is 14.6 Å². The lowest BCUT2D eigenvalue weighted by atomic mass is 9.92. The first-order valence-electron chi connectivity index (χ1n) is 10.8. The maximum Gasteiger partial charge on any atom is 0.316 e. The highest BCUT2D eigenvalue weighted by molar-refractivity contribution is 5.76. The van der Waals surface area contributed by atoms with Crippen molar-refractivity contribution in [2.75, 3.05) is 29.9 Å². The summed E-state index contributed by atoms with van der Waals surface area (Å²) in [6.07, 6.45) is 6.66. The maximum atomic E-state index is 11.3. The molecule has 0 saturated carbocycles. The van der Waals surface area contributed by atoms with E-state index in [0.29, 0.717) is 12.6 Å². The van der Waals surface area contributed by atoms with Crippen LogP contribution in [0.2, 0.25) is 0 Å². The molecule has 3 rings (SSSR count). The average Bonchev–Trinajstić information content (AvgIpc) is 2.74. The summed E-state index contributed by atoms with van der Waals surface area (Å²) in [5.74, 6) is -0.0445. The third kappa shape index (κ3) is 5.62. The Balaban J connectivity index is 1.90. The van der Waals surface area contributed by atoms with Crippen LogP contribution >= 0.6 is 0 Å². The van der Waals surface area contributed by atoms with Gasteiger partial charge in [0.05, 0.1) is 42.5 Å². The molecule has 1 aromatic heterocycles. The quantitative estimate of drug-likeness (QED) is 0.610. The Bertz CT molecular complexity index is 833. The first kappa shape index (κ1) is 21.9. The van der Waals surface area contributed by atoms with Gasteiger partial charge >= 0.3 is 12.0 Å². The molecule has 2 N–H and O–H groups in total. The second-order valence-electron chi connectivity index (χ2n) is 7.96. The van der Waals surface area contributed by atoms with Crippen LogP contribution in [0.3, 0.4) is 0 Å². The molecule has 0 bridgehead atoms. The van der Waals surface area contributed by atoms with E-state index in [1.807, 2.05) is 13.8 Å². The number of aromatic nitrogens is 2. The third-order valence-corrected chi connectivity index (χ3v) is 5.71. The van der Waals surface area contributed by atoms with E-state index in [2.05, 4.69) is 45.3 Å². The van der Waals surface area contributed by atoms with Crippen molar-refractivity contribution in [3.8, 4) is 6.01 Å². The van der Waals surface area contributed by atoms with E-state index < -0.39 is 5.97 Å². The van der Waals surface area contributed by atoms with Gasteiger partial charge in [0.1, 0.15) is 0 Å². The van der Waals surface area contributed by atoms with Crippen molar-refractivity contribution in [2.45, 2.75) is 52.4 Å². The molecule has 1 aromatic carbocycles. The van der Waals surface area contributed by atoms with Crippen molar-refractivity contribution >= 4 is 23.0 Å². The zero-order valence-electron chi connectivity index (χ0n) is 18.1. The number of ether oxygens (including phenoxy) is 1. The Hall–Kier alpha value is -2.83. The van der Waals surface area contributed by atoms with E-state index in [4.69, 9.17) is 4.74 Å². The van der Waals surface area contributed by atoms with Crippen LogP contribution in [-0.2, 0) is 4.79 Å². The lowest BCUT2D eigenvalue weighted by molar-refractivity contribution is -0.137. The van der Waals surface area contributed by atoms with Crippen LogP contribution in [-0.4, -0.2) is 40.7 Å². The van der Waals surface area contributed by atoms with E-state index >= 15 is 0 Å². The fraction of sp³-hybridized carbons (Fsp3) is 0.522. The van der Waals surface area contributed by atoms with Crippen molar-refractivity contribution in [3.63, 3.8) is 0 Å². The standard InChI is InChI=1S/C23H32N4O3/c1-4-17(13-22(28)29)18-6-7-21(27-10-8-16(3)9-11-27)20(12-18)26-19-14-24-23(25-15-19)30-5-2/h6-7,12,14-17,26H,4-5,8-11,13H2,1-3H3,(H,28,29). The molecule has 0 amide bonds. The van der Waals surface area contributed by atoms with Gasteiger partial charge in [0.2, 0.25) is 0 Å². The number of nitrogens with one attached hydrogen (secondary N) is 1. The highest BCUT2D eigenvalue weighted by Gasteiger charge is 2.21. The highest BCUT2D eigenvalue weighted by atomic mass is 16.5. The number of carboxylic acids is 1. The summed E-state index contributed by atoms with van der Waals surface area (Å²) >= 11 is 0. The molecule has 1 saturated heterocycles. The maximum absolute atomic E-state index is 11.3. The van der Waals surface area contributed by atoms with Gasteiger partial charge in [-0.3, -0.25) is 4.79 Å². The van der Waals surface area contributed by atoms with Crippen molar-refractivity contribution in [1.82, 2.24) is 9.97 Å². The lowest BCUT2D eigenvalue weighted by Crippen LogP contribution is -2.33. The molecule has 2 aromatic rings. The molecule has 7 nitrogen and oxygen atoms in total. The van der Waals surface area contributed by atoms with E-state index in [1.165, 1.54) is 12.8 Å². The molecule has 1 unspecified atom stereocenters. The van der Waals surface area contributed by atoms with Crippen molar-refractivity contribution in [3.05, 3.63) is 36.2 Å². The van der Waals surface area contributed by atoms with Crippen LogP contribution in [0.5, 0.6) is 6.01 Å². The average molecular weight is 413 g/mol. The minimum Gasteiger partial charge on any atom is -0.481 e. The minimum absolute atomic E-state index is 0.0185. The number of nitrogens with zero attached hydrogens (tertiary/aromatic N) is 3. The molecular formula is C23H32N4O3. The smallest absolute Gasteiger partial charge is 0.316 e. The first-order chi connectivity index (χ1) is 14.5. The normalized spacial score (nSPS) is 15.6. The van der Waals surface area contributed by atoms with Gasteiger partial charge in [-0.15, -0.1) is 0 Å². The number of carbonyl (C=O) groups is 1. The molecule has 0 spiro atoms. The summed E-state index contributed by atoms with van der Waals surface area (Å²) in [4.78, 5) is 22.2. The molecule has 2 heterocycles. The molecule has 1 aliphatic rings. The van der Waals surface area contributed by atoms with E-state index in [-0.39, 0.29) is 12.3 Å². The summed E-state index contributed by atoms with van der Waals surface area (Å²) in [6.45, 7) is 8.78. The summed E-state index contributed by atoms with van der Waals surface area (Å²) < 4.78 is 5.33. The van der Waals surface area contributed by atoms with Crippen LogP contribution in [0.25, 0.3) is 0 Å². The molecule has 0 aliphatic carbocycles. The van der Waals surface area contributed by atoms with Crippen molar-refractivity contribution in [2.24, 2.45) is 5.92 Å². The number of rotatable bonds is 9. The minimum atomic E-state index is -0.773. The van der Waals surface area contributed by atoms with Crippen LogP contribution in [0.4, 0.5) is 17.1 Å². The second kappa shape index (κ2) is 10.3. The molecule has 1 fully saturated rings. The van der Waals surface area contributed by atoms with E-state index in [0.717, 1.165) is 48.1 Å². The lowest BCUT2D eigenvalue weighted by Gasteiger charge is -2.34. The van der Waals surface area contributed by atoms with E-state index in [1.54, 1.807) is 12.4 Å². The molecule has 1 aliphatic heterocycles. The zero-order chi connectivity index (χ0) is 21.5. The monoisotopic (exact) mass is 412 g/mol. The molecule has 0 radical (unpaired) electrons. The van der Waals surface area contributed by atoms with Gasteiger partial charge in [0.25, 0.3) is 0 Å². The van der Waals surface area contributed by atoms with Gasteiger partial charge in [-0.1, -0.05) is 19.9 Å². The Morgan fingerprint density at radius 1 is 1.27 bits per heavy atom. The Kier molecular flexibility index (Phi) is 7.49. The van der Waals surface area contributed by atoms with Gasteiger partial charge in [0, 0.05) is 13.1 Å². The topological polar surface area (TPSA) is 87.6 Å². The van der Waals surface area contributed by atoms with Gasteiger partial charge in [-0.25, -0.2) is 9.97 Å². The number of hydrogen-bond donors (Lipinski definition) is 2.